The minimum atomic E-state index is 0.0934. The lowest BCUT2D eigenvalue weighted by molar-refractivity contribution is 0.174. The Hall–Kier alpha value is -2.21. The maximum atomic E-state index is 9.08. The highest BCUT2D eigenvalue weighted by molar-refractivity contribution is 5.61. The van der Waals surface area contributed by atoms with E-state index in [9.17, 15) is 0 Å². The van der Waals surface area contributed by atoms with Crippen LogP contribution in [0.2, 0.25) is 0 Å². The molecule has 0 unspecified atom stereocenters. The monoisotopic (exact) mass is 303 g/mol. The van der Waals surface area contributed by atoms with E-state index in [1.54, 1.807) is 0 Å². The van der Waals surface area contributed by atoms with Crippen molar-refractivity contribution in [1.29, 1.82) is 0 Å². The summed E-state index contributed by atoms with van der Waals surface area (Å²) < 4.78 is 12.6. The van der Waals surface area contributed by atoms with E-state index in [1.165, 1.54) is 0 Å². The maximum absolute atomic E-state index is 9.08. The third kappa shape index (κ3) is 2.62. The number of aliphatic hydroxyl groups excluding tert-OH is 1. The Kier molecular flexibility index (Phi) is 3.94. The van der Waals surface area contributed by atoms with Crippen LogP contribution in [-0.2, 0) is 13.1 Å². The molecule has 3 rings (SSSR count). The fraction of sp³-hybridized carbons (Fsp3) is 0.438. The number of benzene rings is 1. The number of aryl methyl sites for hydroxylation is 2. The summed E-state index contributed by atoms with van der Waals surface area (Å²) in [5.41, 5.74) is 5.36. The fourth-order valence-corrected chi connectivity index (χ4v) is 2.72. The van der Waals surface area contributed by atoms with E-state index in [0.717, 1.165) is 39.7 Å². The van der Waals surface area contributed by atoms with E-state index in [2.05, 4.69) is 10.4 Å². The summed E-state index contributed by atoms with van der Waals surface area (Å²) in [5.74, 6) is 1.57. The van der Waals surface area contributed by atoms with Crippen LogP contribution in [-0.4, -0.2) is 28.3 Å². The first kappa shape index (κ1) is 14.7. The lowest BCUT2D eigenvalue weighted by Gasteiger charge is -2.11. The molecule has 0 saturated heterocycles. The average Bonchev–Trinajstić information content (AvgIpc) is 3.03. The molecule has 22 heavy (non-hydrogen) atoms. The number of nitrogens with zero attached hydrogens (tertiary/aromatic N) is 2. The molecule has 0 fully saturated rings. The molecule has 1 aromatic carbocycles. The summed E-state index contributed by atoms with van der Waals surface area (Å²) in [7, 11) is 0. The highest BCUT2D eigenvalue weighted by atomic mass is 16.7. The standard InChI is InChI=1S/C16H21N3O3/c1-10-6-15-16(22-9-21-15)7-14(10)17-8-13-11(2)18-19(4-5-20)12(13)3/h6-7,17,20H,4-5,8-9H2,1-3H3. The van der Waals surface area contributed by atoms with Crippen LogP contribution in [0.1, 0.15) is 22.5 Å². The molecule has 0 amide bonds. The summed E-state index contributed by atoms with van der Waals surface area (Å²) >= 11 is 0. The Morgan fingerprint density at radius 3 is 2.68 bits per heavy atom. The largest absolute Gasteiger partial charge is 0.454 e. The second-order valence-electron chi connectivity index (χ2n) is 5.47. The lowest BCUT2D eigenvalue weighted by Crippen LogP contribution is -2.07. The molecule has 0 spiro atoms. The van der Waals surface area contributed by atoms with Crippen molar-refractivity contribution in [3.8, 4) is 11.5 Å². The van der Waals surface area contributed by atoms with E-state index in [-0.39, 0.29) is 13.4 Å². The molecule has 0 atom stereocenters. The van der Waals surface area contributed by atoms with Crippen molar-refractivity contribution in [3.05, 3.63) is 34.6 Å². The van der Waals surface area contributed by atoms with Crippen molar-refractivity contribution in [3.63, 3.8) is 0 Å². The van der Waals surface area contributed by atoms with Gasteiger partial charge < -0.3 is 19.9 Å². The number of hydrogen-bond donors (Lipinski definition) is 2. The molecule has 0 radical (unpaired) electrons. The molecule has 1 aliphatic heterocycles. The molecule has 2 aromatic rings. The predicted octanol–water partition coefficient (Wildman–Crippen LogP) is 2.14. The fourth-order valence-electron chi connectivity index (χ4n) is 2.72. The minimum Gasteiger partial charge on any atom is -0.454 e. The molecule has 6 nitrogen and oxygen atoms in total. The van der Waals surface area contributed by atoms with Gasteiger partial charge in [0.2, 0.25) is 6.79 Å². The minimum absolute atomic E-state index is 0.0934. The number of anilines is 1. The zero-order valence-electron chi connectivity index (χ0n) is 13.1. The summed E-state index contributed by atoms with van der Waals surface area (Å²) in [6.07, 6.45) is 0. The van der Waals surface area contributed by atoms with Gasteiger partial charge in [-0.2, -0.15) is 5.10 Å². The second kappa shape index (κ2) is 5.88. The molecule has 6 heteroatoms. The summed E-state index contributed by atoms with van der Waals surface area (Å²) in [5, 5.41) is 17.0. The summed E-state index contributed by atoms with van der Waals surface area (Å²) in [4.78, 5) is 0. The predicted molar refractivity (Wildman–Crippen MR) is 83.4 cm³/mol. The van der Waals surface area contributed by atoms with E-state index in [1.807, 2.05) is 37.6 Å². The van der Waals surface area contributed by atoms with Crippen LogP contribution in [0, 0.1) is 20.8 Å². The molecule has 2 N–H and O–H groups in total. The Labute approximate surface area is 129 Å². The second-order valence-corrected chi connectivity index (χ2v) is 5.47. The van der Waals surface area contributed by atoms with E-state index < -0.39 is 0 Å². The SMILES string of the molecule is Cc1cc2c(cc1NCc1c(C)nn(CCO)c1C)OCO2. The maximum Gasteiger partial charge on any atom is 0.231 e. The average molecular weight is 303 g/mol. The van der Waals surface area contributed by atoms with E-state index >= 15 is 0 Å². The third-order valence-corrected chi connectivity index (χ3v) is 4.02. The Balaban J connectivity index is 1.78. The molecule has 1 aromatic heterocycles. The van der Waals surface area contributed by atoms with Crippen LogP contribution in [0.25, 0.3) is 0 Å². The van der Waals surface area contributed by atoms with Crippen LogP contribution < -0.4 is 14.8 Å². The van der Waals surface area contributed by atoms with Gasteiger partial charge in [-0.1, -0.05) is 0 Å². The molecule has 1 aliphatic rings. The van der Waals surface area contributed by atoms with Gasteiger partial charge in [0.1, 0.15) is 0 Å². The number of fused-ring (bicyclic) bond motifs is 1. The Morgan fingerprint density at radius 1 is 1.23 bits per heavy atom. The molecular weight excluding hydrogens is 282 g/mol. The van der Waals surface area contributed by atoms with Crippen molar-refractivity contribution in [1.82, 2.24) is 9.78 Å². The van der Waals surface area contributed by atoms with Gasteiger partial charge in [0.15, 0.2) is 11.5 Å². The molecule has 0 saturated carbocycles. The van der Waals surface area contributed by atoms with Gasteiger partial charge in [-0.15, -0.1) is 0 Å². The quantitative estimate of drug-likeness (QED) is 0.886. The zero-order chi connectivity index (χ0) is 15.7. The normalized spacial score (nSPS) is 12.7. The van der Waals surface area contributed by atoms with Crippen LogP contribution in [0.3, 0.4) is 0 Å². The highest BCUT2D eigenvalue weighted by Gasteiger charge is 2.16. The van der Waals surface area contributed by atoms with Crippen molar-refractivity contribution < 1.29 is 14.6 Å². The van der Waals surface area contributed by atoms with Crippen LogP contribution in [0.15, 0.2) is 12.1 Å². The van der Waals surface area contributed by atoms with Gasteiger partial charge in [0.05, 0.1) is 18.8 Å². The topological polar surface area (TPSA) is 68.5 Å². The number of aliphatic hydroxyl groups is 1. The van der Waals surface area contributed by atoms with Crippen LogP contribution >= 0.6 is 0 Å². The van der Waals surface area contributed by atoms with Gasteiger partial charge in [0, 0.05) is 29.6 Å². The number of ether oxygens (including phenoxy) is 2. The number of aromatic nitrogens is 2. The molecule has 0 aliphatic carbocycles. The van der Waals surface area contributed by atoms with Crippen molar-refractivity contribution in [2.24, 2.45) is 0 Å². The first-order valence-corrected chi connectivity index (χ1v) is 7.38. The van der Waals surface area contributed by atoms with Gasteiger partial charge in [-0.05, 0) is 32.4 Å². The first-order chi connectivity index (χ1) is 10.6. The van der Waals surface area contributed by atoms with Crippen molar-refractivity contribution in [2.45, 2.75) is 33.9 Å². The highest BCUT2D eigenvalue weighted by Crippen LogP contribution is 2.36. The molecule has 2 heterocycles. The van der Waals surface area contributed by atoms with Gasteiger partial charge in [-0.25, -0.2) is 0 Å². The van der Waals surface area contributed by atoms with Gasteiger partial charge in [-0.3, -0.25) is 4.68 Å². The van der Waals surface area contributed by atoms with Crippen LogP contribution in [0.5, 0.6) is 11.5 Å². The number of nitrogens with one attached hydrogen (secondary N) is 1. The van der Waals surface area contributed by atoms with Gasteiger partial charge in [0.25, 0.3) is 0 Å². The van der Waals surface area contributed by atoms with Gasteiger partial charge >= 0.3 is 0 Å². The van der Waals surface area contributed by atoms with Crippen molar-refractivity contribution >= 4 is 5.69 Å². The molecule has 0 bridgehead atoms. The van der Waals surface area contributed by atoms with Crippen molar-refractivity contribution in [2.75, 3.05) is 18.7 Å². The smallest absolute Gasteiger partial charge is 0.231 e. The summed E-state index contributed by atoms with van der Waals surface area (Å²) in [6, 6.07) is 3.96. The first-order valence-electron chi connectivity index (χ1n) is 7.38. The number of hydrogen-bond acceptors (Lipinski definition) is 5. The summed E-state index contributed by atoms with van der Waals surface area (Å²) in [6.45, 7) is 7.64. The lowest BCUT2D eigenvalue weighted by atomic mass is 10.1. The zero-order valence-corrected chi connectivity index (χ0v) is 13.1. The Bertz CT molecular complexity index is 694. The van der Waals surface area contributed by atoms with Crippen LogP contribution in [0.4, 0.5) is 5.69 Å². The van der Waals surface area contributed by atoms with E-state index in [4.69, 9.17) is 14.6 Å². The molecule has 118 valence electrons. The molecular formula is C16H21N3O3. The third-order valence-electron chi connectivity index (χ3n) is 4.02. The number of rotatable bonds is 5. The van der Waals surface area contributed by atoms with E-state index in [0.29, 0.717) is 13.1 Å². The Morgan fingerprint density at radius 2 is 1.95 bits per heavy atom.